The molecule has 5 nitrogen and oxygen atoms in total. The third kappa shape index (κ3) is 1.69. The second-order valence-electron chi connectivity index (χ2n) is 3.95. The van der Waals surface area contributed by atoms with Gasteiger partial charge in [0.2, 0.25) is 0 Å². The minimum atomic E-state index is -0.303. The zero-order chi connectivity index (χ0) is 12.7. The highest BCUT2D eigenvalue weighted by atomic mass is 35.5. The fourth-order valence-electron chi connectivity index (χ4n) is 1.84. The van der Waals surface area contributed by atoms with Crippen LogP contribution in [0, 0.1) is 6.92 Å². The van der Waals surface area contributed by atoms with E-state index in [0.29, 0.717) is 16.5 Å². The van der Waals surface area contributed by atoms with Crippen LogP contribution in [0.3, 0.4) is 0 Å². The number of aryl methyl sites for hydroxylation is 1. The van der Waals surface area contributed by atoms with Gasteiger partial charge in [-0.3, -0.25) is 0 Å². The van der Waals surface area contributed by atoms with Gasteiger partial charge in [0, 0.05) is 22.3 Å². The molecule has 0 radical (unpaired) electrons. The molecule has 3 aromatic rings. The second kappa shape index (κ2) is 3.96. The molecule has 3 rings (SSSR count). The normalized spacial score (nSPS) is 11.0. The lowest BCUT2D eigenvalue weighted by Crippen LogP contribution is -2.13. The van der Waals surface area contributed by atoms with Crippen molar-refractivity contribution in [1.29, 1.82) is 0 Å². The van der Waals surface area contributed by atoms with Gasteiger partial charge in [-0.15, -0.1) is 0 Å². The first kappa shape index (κ1) is 11.0. The van der Waals surface area contributed by atoms with E-state index in [-0.39, 0.29) is 5.69 Å². The van der Waals surface area contributed by atoms with Crippen LogP contribution in [0.2, 0.25) is 5.02 Å². The van der Waals surface area contributed by atoms with Gasteiger partial charge in [-0.25, -0.2) is 19.3 Å². The topological polar surface area (TPSA) is 63.0 Å². The fraction of sp³-hybridized carbons (Fsp3) is 0.0833. The van der Waals surface area contributed by atoms with Crippen molar-refractivity contribution in [3.63, 3.8) is 0 Å². The Labute approximate surface area is 107 Å². The average molecular weight is 261 g/mol. The third-order valence-electron chi connectivity index (χ3n) is 2.63. The Morgan fingerprint density at radius 3 is 2.72 bits per heavy atom. The van der Waals surface area contributed by atoms with Crippen LogP contribution in [0.4, 0.5) is 0 Å². The summed E-state index contributed by atoms with van der Waals surface area (Å²) in [6, 6.07) is 8.92. The first-order valence-electron chi connectivity index (χ1n) is 5.36. The van der Waals surface area contributed by atoms with Gasteiger partial charge in [-0.05, 0) is 31.2 Å². The van der Waals surface area contributed by atoms with E-state index < -0.39 is 0 Å². The van der Waals surface area contributed by atoms with Crippen LogP contribution in [-0.4, -0.2) is 19.6 Å². The van der Waals surface area contributed by atoms with Crippen LogP contribution in [0.1, 0.15) is 5.69 Å². The minimum absolute atomic E-state index is 0.303. The van der Waals surface area contributed by atoms with Crippen molar-refractivity contribution in [3.05, 3.63) is 51.5 Å². The van der Waals surface area contributed by atoms with E-state index in [4.69, 9.17) is 11.6 Å². The molecule has 2 heterocycles. The lowest BCUT2D eigenvalue weighted by molar-refractivity contribution is 0.994. The zero-order valence-electron chi connectivity index (χ0n) is 9.51. The molecule has 2 aromatic heterocycles. The van der Waals surface area contributed by atoms with Crippen LogP contribution in [0.5, 0.6) is 0 Å². The molecule has 0 saturated carbocycles. The van der Waals surface area contributed by atoms with Gasteiger partial charge < -0.3 is 0 Å². The van der Waals surface area contributed by atoms with E-state index in [0.717, 1.165) is 11.3 Å². The molecule has 0 fully saturated rings. The number of H-pyrrole nitrogens is 1. The first-order chi connectivity index (χ1) is 8.65. The Morgan fingerprint density at radius 1 is 1.28 bits per heavy atom. The van der Waals surface area contributed by atoms with E-state index in [1.807, 2.05) is 19.1 Å². The van der Waals surface area contributed by atoms with Crippen molar-refractivity contribution >= 4 is 17.2 Å². The largest absolute Gasteiger partial charge is 0.349 e. The van der Waals surface area contributed by atoms with Gasteiger partial charge in [0.1, 0.15) is 5.82 Å². The molecule has 0 aliphatic rings. The van der Waals surface area contributed by atoms with E-state index in [1.165, 1.54) is 4.40 Å². The molecule has 18 heavy (non-hydrogen) atoms. The van der Waals surface area contributed by atoms with Crippen molar-refractivity contribution in [1.82, 2.24) is 19.6 Å². The molecule has 1 N–H and O–H groups in total. The zero-order valence-corrected chi connectivity index (χ0v) is 10.3. The molecular formula is C12H9ClN4O. The van der Waals surface area contributed by atoms with E-state index >= 15 is 0 Å². The lowest BCUT2D eigenvalue weighted by Gasteiger charge is -2.04. The number of rotatable bonds is 1. The van der Waals surface area contributed by atoms with Crippen LogP contribution in [-0.2, 0) is 0 Å². The van der Waals surface area contributed by atoms with Crippen LogP contribution >= 0.6 is 11.6 Å². The number of hydrogen-bond acceptors (Lipinski definition) is 3. The maximum Gasteiger partial charge on any atom is 0.349 e. The lowest BCUT2D eigenvalue weighted by atomic mass is 10.2. The van der Waals surface area contributed by atoms with Crippen molar-refractivity contribution < 1.29 is 0 Å². The Hall–Kier alpha value is -2.14. The number of benzene rings is 1. The molecule has 0 atom stereocenters. The summed E-state index contributed by atoms with van der Waals surface area (Å²) in [5, 5.41) is 7.00. The van der Waals surface area contributed by atoms with Gasteiger partial charge in [0.25, 0.3) is 0 Å². The quantitative estimate of drug-likeness (QED) is 0.728. The molecule has 0 aliphatic carbocycles. The standard InChI is InChI=1S/C12H9ClN4O/c1-7-6-10-15-16-12(18)17(10)11(14-7)8-2-4-9(13)5-3-8/h2-6H,1H3,(H,16,18). The maximum absolute atomic E-state index is 11.7. The maximum atomic E-state index is 11.7. The van der Waals surface area contributed by atoms with Crippen LogP contribution in [0.15, 0.2) is 35.1 Å². The highest BCUT2D eigenvalue weighted by Crippen LogP contribution is 2.20. The van der Waals surface area contributed by atoms with Crippen molar-refractivity contribution in [2.24, 2.45) is 0 Å². The summed E-state index contributed by atoms with van der Waals surface area (Å²) in [5.74, 6) is 0.556. The van der Waals surface area contributed by atoms with Crippen LogP contribution < -0.4 is 5.69 Å². The van der Waals surface area contributed by atoms with Gasteiger partial charge in [-0.1, -0.05) is 11.6 Å². The Morgan fingerprint density at radius 2 is 2.00 bits per heavy atom. The summed E-state index contributed by atoms with van der Waals surface area (Å²) < 4.78 is 1.44. The van der Waals surface area contributed by atoms with Crippen molar-refractivity contribution in [2.45, 2.75) is 6.92 Å². The summed E-state index contributed by atoms with van der Waals surface area (Å²) in [7, 11) is 0. The molecular weight excluding hydrogens is 252 g/mol. The summed E-state index contributed by atoms with van der Waals surface area (Å²) in [6.45, 7) is 1.86. The molecule has 90 valence electrons. The van der Waals surface area contributed by atoms with Crippen LogP contribution in [0.25, 0.3) is 17.0 Å². The van der Waals surface area contributed by atoms with Gasteiger partial charge in [-0.2, -0.15) is 5.10 Å². The molecule has 0 aliphatic heterocycles. The number of aromatic amines is 1. The second-order valence-corrected chi connectivity index (χ2v) is 4.39. The van der Waals surface area contributed by atoms with E-state index in [1.54, 1.807) is 18.2 Å². The summed E-state index contributed by atoms with van der Waals surface area (Å²) in [4.78, 5) is 16.1. The molecule has 0 saturated heterocycles. The van der Waals surface area contributed by atoms with E-state index in [9.17, 15) is 4.79 Å². The monoisotopic (exact) mass is 260 g/mol. The third-order valence-corrected chi connectivity index (χ3v) is 2.88. The number of fused-ring (bicyclic) bond motifs is 1. The number of aromatic nitrogens is 4. The number of nitrogens with zero attached hydrogens (tertiary/aromatic N) is 3. The van der Waals surface area contributed by atoms with Gasteiger partial charge in [0.05, 0.1) is 0 Å². The molecule has 0 bridgehead atoms. The summed E-state index contributed by atoms with van der Waals surface area (Å²) in [5.41, 5.74) is 1.86. The van der Waals surface area contributed by atoms with Crippen molar-refractivity contribution in [2.75, 3.05) is 0 Å². The Kier molecular flexibility index (Phi) is 2.41. The Balaban J connectivity index is 2.37. The average Bonchev–Trinajstić information content (AvgIpc) is 2.71. The molecule has 1 aromatic carbocycles. The highest BCUT2D eigenvalue weighted by molar-refractivity contribution is 6.30. The number of halogens is 1. The Bertz CT molecular complexity index is 773. The van der Waals surface area contributed by atoms with Crippen molar-refractivity contribution in [3.8, 4) is 11.4 Å². The van der Waals surface area contributed by atoms with E-state index in [2.05, 4.69) is 15.2 Å². The predicted octanol–water partition coefficient (Wildman–Crippen LogP) is 2.05. The summed E-state index contributed by atoms with van der Waals surface area (Å²) >= 11 is 5.85. The predicted molar refractivity (Wildman–Crippen MR) is 68.8 cm³/mol. The smallest absolute Gasteiger partial charge is 0.246 e. The molecule has 0 unspecified atom stereocenters. The fourth-order valence-corrected chi connectivity index (χ4v) is 1.97. The van der Waals surface area contributed by atoms with Gasteiger partial charge in [0.15, 0.2) is 5.65 Å². The number of nitrogens with one attached hydrogen (secondary N) is 1. The number of hydrogen-bond donors (Lipinski definition) is 1. The molecule has 0 amide bonds. The molecule has 6 heteroatoms. The minimum Gasteiger partial charge on any atom is -0.246 e. The first-order valence-corrected chi connectivity index (χ1v) is 5.74. The highest BCUT2D eigenvalue weighted by Gasteiger charge is 2.10. The van der Waals surface area contributed by atoms with Gasteiger partial charge >= 0.3 is 5.69 Å². The summed E-state index contributed by atoms with van der Waals surface area (Å²) in [6.07, 6.45) is 0. The SMILES string of the molecule is Cc1cc2n[nH]c(=O)n2c(-c2ccc(Cl)cc2)n1. The molecule has 0 spiro atoms.